The summed E-state index contributed by atoms with van der Waals surface area (Å²) in [7, 11) is -3.90. The molecule has 0 amide bonds. The van der Waals surface area contributed by atoms with E-state index in [0.717, 1.165) is 42.3 Å². The van der Waals surface area contributed by atoms with Crippen LogP contribution in [0.15, 0.2) is 29.2 Å². The standard InChI is InChI=1S/C14H14F2N2O3S2/c15-13(16)21-9-4-3-5-10(8-9)23(19,20)18-14-17-11-6-1-2-7-12(11)22-14/h3-5,8,13H,1-2,6-7H2,(H,17,18). The molecular formula is C14H14F2N2O3S2. The number of ether oxygens (including phenoxy) is 1. The van der Waals surface area contributed by atoms with Crippen LogP contribution in [-0.2, 0) is 22.9 Å². The molecule has 1 aromatic carbocycles. The molecule has 23 heavy (non-hydrogen) atoms. The summed E-state index contributed by atoms with van der Waals surface area (Å²) in [6, 6.07) is 4.99. The second-order valence-corrected chi connectivity index (χ2v) is 7.82. The van der Waals surface area contributed by atoms with Gasteiger partial charge >= 0.3 is 6.61 Å². The van der Waals surface area contributed by atoms with E-state index in [1.54, 1.807) is 0 Å². The van der Waals surface area contributed by atoms with Crippen LogP contribution in [0.5, 0.6) is 5.75 Å². The first-order chi connectivity index (χ1) is 10.9. The van der Waals surface area contributed by atoms with Crippen molar-refractivity contribution in [1.29, 1.82) is 0 Å². The number of sulfonamides is 1. The molecule has 1 N–H and O–H groups in total. The van der Waals surface area contributed by atoms with Crippen molar-refractivity contribution in [3.8, 4) is 5.75 Å². The lowest BCUT2D eigenvalue weighted by Gasteiger charge is -2.08. The van der Waals surface area contributed by atoms with Gasteiger partial charge < -0.3 is 4.74 Å². The van der Waals surface area contributed by atoms with Crippen LogP contribution in [0.2, 0.25) is 0 Å². The summed E-state index contributed by atoms with van der Waals surface area (Å²) in [5.74, 6) is -0.207. The number of benzene rings is 1. The minimum atomic E-state index is -3.90. The van der Waals surface area contributed by atoms with Crippen molar-refractivity contribution >= 4 is 26.5 Å². The van der Waals surface area contributed by atoms with E-state index in [2.05, 4.69) is 14.4 Å². The lowest BCUT2D eigenvalue weighted by molar-refractivity contribution is -0.0499. The summed E-state index contributed by atoms with van der Waals surface area (Å²) in [5.41, 5.74) is 0.939. The van der Waals surface area contributed by atoms with E-state index in [1.165, 1.54) is 29.5 Å². The number of halogens is 2. The minimum Gasteiger partial charge on any atom is -0.435 e. The second kappa shape index (κ2) is 6.40. The fourth-order valence-corrected chi connectivity index (χ4v) is 4.71. The zero-order valence-electron chi connectivity index (χ0n) is 12.0. The predicted octanol–water partition coefficient (Wildman–Crippen LogP) is 3.42. The minimum absolute atomic E-state index is 0.149. The fourth-order valence-electron chi connectivity index (χ4n) is 2.39. The van der Waals surface area contributed by atoms with E-state index >= 15 is 0 Å². The summed E-state index contributed by atoms with van der Waals surface area (Å²) in [5, 5.41) is 0.303. The molecule has 0 radical (unpaired) electrons. The molecule has 0 unspecified atom stereocenters. The highest BCUT2D eigenvalue weighted by molar-refractivity contribution is 7.93. The van der Waals surface area contributed by atoms with Gasteiger partial charge in [0, 0.05) is 10.9 Å². The Bertz CT molecular complexity index is 783. The molecule has 0 bridgehead atoms. The van der Waals surface area contributed by atoms with E-state index in [1.807, 2.05) is 0 Å². The Morgan fingerprint density at radius 1 is 1.26 bits per heavy atom. The highest BCUT2D eigenvalue weighted by Gasteiger charge is 2.21. The number of fused-ring (bicyclic) bond motifs is 1. The Balaban J connectivity index is 1.82. The average molecular weight is 360 g/mol. The number of anilines is 1. The maximum atomic E-state index is 12.4. The number of hydrogen-bond donors (Lipinski definition) is 1. The van der Waals surface area contributed by atoms with Crippen molar-refractivity contribution in [2.45, 2.75) is 37.2 Å². The molecule has 0 atom stereocenters. The van der Waals surface area contributed by atoms with Crippen molar-refractivity contribution in [2.24, 2.45) is 0 Å². The Morgan fingerprint density at radius 2 is 2.04 bits per heavy atom. The van der Waals surface area contributed by atoms with Gasteiger partial charge in [-0.05, 0) is 37.8 Å². The number of aromatic nitrogens is 1. The van der Waals surface area contributed by atoms with Gasteiger partial charge in [0.15, 0.2) is 5.13 Å². The molecule has 2 aromatic rings. The smallest absolute Gasteiger partial charge is 0.387 e. The topological polar surface area (TPSA) is 68.3 Å². The van der Waals surface area contributed by atoms with E-state index in [9.17, 15) is 17.2 Å². The second-order valence-electron chi connectivity index (χ2n) is 5.05. The van der Waals surface area contributed by atoms with E-state index in [-0.39, 0.29) is 10.6 Å². The molecule has 5 nitrogen and oxygen atoms in total. The largest absolute Gasteiger partial charge is 0.435 e. The summed E-state index contributed by atoms with van der Waals surface area (Å²) >= 11 is 1.32. The van der Waals surface area contributed by atoms with Gasteiger partial charge in [-0.15, -0.1) is 11.3 Å². The van der Waals surface area contributed by atoms with Gasteiger partial charge in [-0.3, -0.25) is 4.72 Å². The summed E-state index contributed by atoms with van der Waals surface area (Å²) in [6.45, 7) is -3.01. The molecule has 1 aliphatic rings. The molecule has 124 valence electrons. The normalized spacial score (nSPS) is 14.6. The van der Waals surface area contributed by atoms with Gasteiger partial charge in [0.25, 0.3) is 10.0 Å². The maximum Gasteiger partial charge on any atom is 0.387 e. The zero-order chi connectivity index (χ0) is 16.4. The number of rotatable bonds is 5. The molecule has 1 aromatic heterocycles. The van der Waals surface area contributed by atoms with Crippen LogP contribution in [0, 0.1) is 0 Å². The molecule has 1 aliphatic carbocycles. The Kier molecular flexibility index (Phi) is 4.49. The lowest BCUT2D eigenvalue weighted by atomic mass is 10.0. The SMILES string of the molecule is O=S(=O)(Nc1nc2c(s1)CCCC2)c1cccc(OC(F)F)c1. The number of thiazole rings is 1. The van der Waals surface area contributed by atoms with Crippen LogP contribution in [0.3, 0.4) is 0 Å². The third-order valence-electron chi connectivity index (χ3n) is 3.41. The predicted molar refractivity (Wildman–Crippen MR) is 82.6 cm³/mol. The molecule has 0 aliphatic heterocycles. The van der Waals surface area contributed by atoms with E-state index < -0.39 is 16.6 Å². The van der Waals surface area contributed by atoms with Gasteiger partial charge in [-0.25, -0.2) is 13.4 Å². The van der Waals surface area contributed by atoms with Crippen molar-refractivity contribution in [3.63, 3.8) is 0 Å². The van der Waals surface area contributed by atoms with Crippen molar-refractivity contribution in [3.05, 3.63) is 34.8 Å². The number of aryl methyl sites for hydroxylation is 2. The summed E-state index contributed by atoms with van der Waals surface area (Å²) in [4.78, 5) is 5.26. The molecule has 0 saturated heterocycles. The number of hydrogen-bond acceptors (Lipinski definition) is 5. The van der Waals surface area contributed by atoms with Gasteiger partial charge in [0.05, 0.1) is 10.6 Å². The quantitative estimate of drug-likeness (QED) is 0.887. The lowest BCUT2D eigenvalue weighted by Crippen LogP contribution is -2.13. The molecule has 9 heteroatoms. The van der Waals surface area contributed by atoms with Crippen LogP contribution < -0.4 is 9.46 Å². The molecule has 3 rings (SSSR count). The Labute approximate surface area is 136 Å². The highest BCUT2D eigenvalue weighted by Crippen LogP contribution is 2.31. The maximum absolute atomic E-state index is 12.4. The van der Waals surface area contributed by atoms with Crippen molar-refractivity contribution < 1.29 is 21.9 Å². The first-order valence-electron chi connectivity index (χ1n) is 7.00. The van der Waals surface area contributed by atoms with Crippen molar-refractivity contribution in [1.82, 2.24) is 4.98 Å². The number of alkyl halides is 2. The van der Waals surface area contributed by atoms with Crippen LogP contribution in [0.25, 0.3) is 0 Å². The third kappa shape index (κ3) is 3.78. The fraction of sp³-hybridized carbons (Fsp3) is 0.357. The van der Waals surface area contributed by atoms with Gasteiger partial charge in [-0.2, -0.15) is 8.78 Å². The van der Waals surface area contributed by atoms with Gasteiger partial charge in [0.2, 0.25) is 0 Å². The highest BCUT2D eigenvalue weighted by atomic mass is 32.2. The number of nitrogens with one attached hydrogen (secondary N) is 1. The van der Waals surface area contributed by atoms with Crippen LogP contribution in [0.1, 0.15) is 23.4 Å². The molecule has 0 fully saturated rings. The molecule has 1 heterocycles. The summed E-state index contributed by atoms with van der Waals surface area (Å²) in [6.07, 6.45) is 3.89. The third-order valence-corrected chi connectivity index (χ3v) is 5.95. The van der Waals surface area contributed by atoms with Gasteiger partial charge in [0.1, 0.15) is 5.75 Å². The van der Waals surface area contributed by atoms with Crippen LogP contribution in [-0.4, -0.2) is 20.0 Å². The van der Waals surface area contributed by atoms with Gasteiger partial charge in [-0.1, -0.05) is 6.07 Å². The number of nitrogens with zero attached hydrogens (tertiary/aromatic N) is 1. The zero-order valence-corrected chi connectivity index (χ0v) is 13.6. The monoisotopic (exact) mass is 360 g/mol. The molecule has 0 spiro atoms. The first-order valence-corrected chi connectivity index (χ1v) is 9.30. The Hall–Kier alpha value is -1.74. The molecule has 0 saturated carbocycles. The van der Waals surface area contributed by atoms with E-state index in [0.29, 0.717) is 5.13 Å². The van der Waals surface area contributed by atoms with Crippen LogP contribution >= 0.6 is 11.3 Å². The summed E-state index contributed by atoms with van der Waals surface area (Å²) < 4.78 is 55.8. The Morgan fingerprint density at radius 3 is 2.78 bits per heavy atom. The van der Waals surface area contributed by atoms with Crippen molar-refractivity contribution in [2.75, 3.05) is 4.72 Å². The van der Waals surface area contributed by atoms with Crippen LogP contribution in [0.4, 0.5) is 13.9 Å². The molecular weight excluding hydrogens is 346 g/mol. The van der Waals surface area contributed by atoms with E-state index in [4.69, 9.17) is 0 Å². The average Bonchev–Trinajstić information content (AvgIpc) is 2.88. The first kappa shape index (κ1) is 16.1.